The first-order chi connectivity index (χ1) is 12.5. The second-order valence-electron chi connectivity index (χ2n) is 7.16. The number of ether oxygens (including phenoxy) is 1. The molecule has 1 saturated carbocycles. The molecule has 0 unspecified atom stereocenters. The van der Waals surface area contributed by atoms with E-state index in [2.05, 4.69) is 10.2 Å². The van der Waals surface area contributed by atoms with Gasteiger partial charge in [0.2, 0.25) is 5.91 Å². The lowest BCUT2D eigenvalue weighted by Gasteiger charge is -2.34. The fourth-order valence-electron chi connectivity index (χ4n) is 3.72. The summed E-state index contributed by atoms with van der Waals surface area (Å²) in [6.45, 7) is 2.06. The van der Waals surface area contributed by atoms with Crippen molar-refractivity contribution in [2.75, 3.05) is 25.0 Å². The number of amides is 1. The van der Waals surface area contributed by atoms with Gasteiger partial charge in [-0.25, -0.2) is 0 Å². The van der Waals surface area contributed by atoms with E-state index in [0.29, 0.717) is 39.5 Å². The number of carbonyl (C=O) groups is 1. The van der Waals surface area contributed by atoms with Gasteiger partial charge in [0.25, 0.3) is 0 Å². The van der Waals surface area contributed by atoms with Crippen LogP contribution < -0.4 is 5.32 Å². The van der Waals surface area contributed by atoms with Crippen molar-refractivity contribution in [2.24, 2.45) is 0 Å². The van der Waals surface area contributed by atoms with Crippen molar-refractivity contribution in [2.45, 2.75) is 57.2 Å². The number of rotatable bonds is 5. The minimum absolute atomic E-state index is 0.122. The number of carbonyl (C=O) groups excluding carboxylic acids is 1. The third kappa shape index (κ3) is 5.74. The highest BCUT2D eigenvalue weighted by molar-refractivity contribution is 6.42. The smallest absolute Gasteiger partial charge is 0.238 e. The molecule has 1 N–H and O–H groups in total. The Hall–Kier alpha value is -0.520. The first kappa shape index (κ1) is 20.2. The number of nitrogens with zero attached hydrogens (tertiary/aromatic N) is 1. The number of hydrogen-bond donors (Lipinski definition) is 1. The highest BCUT2D eigenvalue weighted by atomic mass is 35.5. The van der Waals surface area contributed by atoms with Crippen LogP contribution in [-0.4, -0.2) is 42.6 Å². The quantitative estimate of drug-likeness (QED) is 0.695. The molecule has 144 valence electrons. The third-order valence-electron chi connectivity index (χ3n) is 5.11. The van der Waals surface area contributed by atoms with Crippen LogP contribution >= 0.6 is 34.8 Å². The molecule has 0 aromatic heterocycles. The van der Waals surface area contributed by atoms with Crippen molar-refractivity contribution in [1.82, 2.24) is 4.90 Å². The summed E-state index contributed by atoms with van der Waals surface area (Å²) in [5.74, 6) is -0.122. The molecule has 1 aliphatic heterocycles. The normalized spacial score (nSPS) is 20.3. The van der Waals surface area contributed by atoms with Gasteiger partial charge in [-0.15, -0.1) is 0 Å². The van der Waals surface area contributed by atoms with Gasteiger partial charge >= 0.3 is 0 Å². The van der Waals surface area contributed by atoms with Gasteiger partial charge in [0, 0.05) is 18.1 Å². The van der Waals surface area contributed by atoms with Crippen LogP contribution in [0.5, 0.6) is 0 Å². The van der Waals surface area contributed by atoms with E-state index in [0.717, 1.165) is 25.9 Å². The molecule has 2 aliphatic rings. The standard InChI is InChI=1S/C19H25Cl3N2O2/c20-13-10-16(21)19(17(22)11-13)23-18(25)12-24-8-6-15(7-9-24)26-14-4-2-1-3-5-14/h10-11,14-15H,1-9,12H2,(H,23,25). The molecular formula is C19H25Cl3N2O2. The summed E-state index contributed by atoms with van der Waals surface area (Å²) in [6.07, 6.45) is 9.05. The molecule has 1 aromatic rings. The Kier molecular flexibility index (Phi) is 7.47. The van der Waals surface area contributed by atoms with Gasteiger partial charge in [0.1, 0.15) is 0 Å². The van der Waals surface area contributed by atoms with Crippen LogP contribution in [0.1, 0.15) is 44.9 Å². The monoisotopic (exact) mass is 418 g/mol. The van der Waals surface area contributed by atoms with Crippen molar-refractivity contribution in [3.63, 3.8) is 0 Å². The molecule has 4 nitrogen and oxygen atoms in total. The average molecular weight is 420 g/mol. The molecule has 26 heavy (non-hydrogen) atoms. The summed E-state index contributed by atoms with van der Waals surface area (Å²) in [4.78, 5) is 14.5. The van der Waals surface area contributed by atoms with Crippen molar-refractivity contribution in [3.05, 3.63) is 27.2 Å². The Labute approximate surface area is 170 Å². The average Bonchev–Trinajstić information content (AvgIpc) is 2.61. The number of piperidine rings is 1. The lowest BCUT2D eigenvalue weighted by molar-refractivity contribution is -0.118. The topological polar surface area (TPSA) is 41.6 Å². The predicted molar refractivity (Wildman–Crippen MR) is 108 cm³/mol. The number of benzene rings is 1. The Balaban J connectivity index is 1.43. The minimum Gasteiger partial charge on any atom is -0.375 e. The largest absolute Gasteiger partial charge is 0.375 e. The maximum Gasteiger partial charge on any atom is 0.238 e. The van der Waals surface area contributed by atoms with Crippen LogP contribution in [0.2, 0.25) is 15.1 Å². The molecule has 0 spiro atoms. The number of halogens is 3. The van der Waals surface area contributed by atoms with Gasteiger partial charge < -0.3 is 10.1 Å². The van der Waals surface area contributed by atoms with Crippen molar-refractivity contribution >= 4 is 46.4 Å². The van der Waals surface area contributed by atoms with Crippen LogP contribution in [0, 0.1) is 0 Å². The Morgan fingerprint density at radius 2 is 1.58 bits per heavy atom. The number of likely N-dealkylation sites (tertiary alicyclic amines) is 1. The van der Waals surface area contributed by atoms with Gasteiger partial charge in [-0.3, -0.25) is 9.69 Å². The second-order valence-corrected chi connectivity index (χ2v) is 8.42. The van der Waals surface area contributed by atoms with Crippen molar-refractivity contribution in [1.29, 1.82) is 0 Å². The van der Waals surface area contributed by atoms with Gasteiger partial charge in [-0.1, -0.05) is 54.1 Å². The third-order valence-corrected chi connectivity index (χ3v) is 5.92. The van der Waals surface area contributed by atoms with Gasteiger partial charge in [0.15, 0.2) is 0 Å². The van der Waals surface area contributed by atoms with E-state index in [-0.39, 0.29) is 5.91 Å². The van der Waals surface area contributed by atoms with E-state index in [9.17, 15) is 4.79 Å². The van der Waals surface area contributed by atoms with Crippen LogP contribution in [0.4, 0.5) is 5.69 Å². The lowest BCUT2D eigenvalue weighted by atomic mass is 9.97. The maximum absolute atomic E-state index is 12.3. The molecule has 2 fully saturated rings. The number of nitrogens with one attached hydrogen (secondary N) is 1. The molecule has 0 atom stereocenters. The molecule has 1 saturated heterocycles. The Morgan fingerprint density at radius 1 is 1.00 bits per heavy atom. The fraction of sp³-hybridized carbons (Fsp3) is 0.632. The lowest BCUT2D eigenvalue weighted by Crippen LogP contribution is -2.42. The van der Waals surface area contributed by atoms with Gasteiger partial charge in [-0.05, 0) is 37.8 Å². The van der Waals surface area contributed by atoms with E-state index in [1.165, 1.54) is 32.1 Å². The predicted octanol–water partition coefficient (Wildman–Crippen LogP) is 5.40. The van der Waals surface area contributed by atoms with E-state index in [1.807, 2.05) is 0 Å². The zero-order valence-electron chi connectivity index (χ0n) is 14.8. The molecular weight excluding hydrogens is 395 g/mol. The molecule has 1 aliphatic carbocycles. The molecule has 7 heteroatoms. The molecule has 0 radical (unpaired) electrons. The summed E-state index contributed by atoms with van der Waals surface area (Å²) >= 11 is 18.1. The number of hydrogen-bond acceptors (Lipinski definition) is 3. The zero-order valence-corrected chi connectivity index (χ0v) is 17.0. The first-order valence-electron chi connectivity index (χ1n) is 9.33. The molecule has 3 rings (SSSR count). The van der Waals surface area contributed by atoms with Crippen molar-refractivity contribution < 1.29 is 9.53 Å². The summed E-state index contributed by atoms with van der Waals surface area (Å²) in [5.41, 5.74) is 0.415. The number of anilines is 1. The fourth-order valence-corrected chi connectivity index (χ4v) is 4.63. The highest BCUT2D eigenvalue weighted by Crippen LogP contribution is 2.33. The molecule has 1 aromatic carbocycles. The molecule has 1 heterocycles. The zero-order chi connectivity index (χ0) is 18.5. The van der Waals surface area contributed by atoms with E-state index >= 15 is 0 Å². The maximum atomic E-state index is 12.3. The van der Waals surface area contributed by atoms with E-state index in [4.69, 9.17) is 39.5 Å². The van der Waals surface area contributed by atoms with Crippen molar-refractivity contribution in [3.8, 4) is 0 Å². The summed E-state index contributed by atoms with van der Waals surface area (Å²) in [5, 5.41) is 3.92. The van der Waals surface area contributed by atoms with Crippen LogP contribution in [0.3, 0.4) is 0 Å². The molecule has 1 amide bonds. The SMILES string of the molecule is O=C(CN1CCC(OC2CCCCC2)CC1)Nc1c(Cl)cc(Cl)cc1Cl. The van der Waals surface area contributed by atoms with E-state index in [1.54, 1.807) is 12.1 Å². The Bertz CT molecular complexity index is 604. The Morgan fingerprint density at radius 3 is 2.19 bits per heavy atom. The molecule has 0 bridgehead atoms. The van der Waals surface area contributed by atoms with Gasteiger partial charge in [-0.2, -0.15) is 0 Å². The van der Waals surface area contributed by atoms with Crippen LogP contribution in [0.15, 0.2) is 12.1 Å². The van der Waals surface area contributed by atoms with Gasteiger partial charge in [0.05, 0.1) is 34.5 Å². The minimum atomic E-state index is -0.122. The summed E-state index contributed by atoms with van der Waals surface area (Å²) in [6, 6.07) is 3.14. The summed E-state index contributed by atoms with van der Waals surface area (Å²) < 4.78 is 6.25. The second kappa shape index (κ2) is 9.61. The first-order valence-corrected chi connectivity index (χ1v) is 10.5. The van der Waals surface area contributed by atoms with Crippen LogP contribution in [-0.2, 0) is 9.53 Å². The highest BCUT2D eigenvalue weighted by Gasteiger charge is 2.25. The summed E-state index contributed by atoms with van der Waals surface area (Å²) in [7, 11) is 0. The van der Waals surface area contributed by atoms with Crippen LogP contribution in [0.25, 0.3) is 0 Å². The van der Waals surface area contributed by atoms with E-state index < -0.39 is 0 Å².